The molecule has 9 atom stereocenters. The lowest BCUT2D eigenvalue weighted by molar-refractivity contribution is -0.209. The molecule has 1 rings (SSSR count). The van der Waals surface area contributed by atoms with Gasteiger partial charge in [-0.05, 0) is 64.2 Å². The van der Waals surface area contributed by atoms with Gasteiger partial charge in [0.2, 0.25) is 17.7 Å². The number of hydrogen-bond acceptors (Lipinski definition) is 15. The lowest BCUT2D eigenvalue weighted by Gasteiger charge is -2.31. The predicted octanol–water partition coefficient (Wildman–Crippen LogP) is 19.3. The molecule has 21 nitrogen and oxygen atoms in total. The number of carbonyl (C=O) groups excluding carboxylic acids is 6. The molecule has 22 heteroatoms. The van der Waals surface area contributed by atoms with E-state index in [1.165, 1.54) is 70.6 Å². The maximum atomic E-state index is 14.8. The summed E-state index contributed by atoms with van der Waals surface area (Å²) in [5, 5.41) is 30.4. The zero-order chi connectivity index (χ0) is 77.2. The molecule has 1 aliphatic rings. The van der Waals surface area contributed by atoms with E-state index in [4.69, 9.17) is 28.4 Å². The Labute approximate surface area is 637 Å². The average Bonchev–Trinajstić information content (AvgIpc) is 1.69. The summed E-state index contributed by atoms with van der Waals surface area (Å²) in [6.45, 7) is 11.4. The van der Waals surface area contributed by atoms with Gasteiger partial charge in [-0.2, -0.15) is 0 Å². The molecule has 1 saturated heterocycles. The highest BCUT2D eigenvalue weighted by Crippen LogP contribution is 2.36. The zero-order valence-corrected chi connectivity index (χ0v) is 68.2. The maximum absolute atomic E-state index is 14.8. The molecule has 1 heterocycles. The normalized spacial score (nSPS) is 17.3. The van der Waals surface area contributed by atoms with E-state index in [0.29, 0.717) is 57.8 Å². The van der Waals surface area contributed by atoms with E-state index in [1.807, 2.05) is 0 Å². The van der Waals surface area contributed by atoms with E-state index in [2.05, 4.69) is 57.5 Å². The van der Waals surface area contributed by atoms with E-state index < -0.39 is 124 Å². The highest BCUT2D eigenvalue weighted by atomic mass is 31.2. The van der Waals surface area contributed by atoms with E-state index in [9.17, 15) is 58.1 Å². The molecule has 0 aromatic carbocycles. The minimum Gasteiger partial charge on any atom is -0.480 e. The summed E-state index contributed by atoms with van der Waals surface area (Å²) in [5.41, 5.74) is 0. The number of esters is 3. The second-order valence-electron chi connectivity index (χ2n) is 30.4. The predicted molar refractivity (Wildman–Crippen MR) is 418 cm³/mol. The molecule has 0 bridgehead atoms. The second-order valence-corrected chi connectivity index (χ2v) is 32.0. The van der Waals surface area contributed by atoms with Crippen LogP contribution in [0.2, 0.25) is 0 Å². The number of hydrogen-bond donors (Lipinski definition) is 7. The molecule has 3 unspecified atom stereocenters. The van der Waals surface area contributed by atoms with Crippen molar-refractivity contribution in [2.24, 2.45) is 0 Å². The Morgan fingerprint density at radius 1 is 0.400 bits per heavy atom. The molecular formula is C83H156N3O18P. The molecule has 0 spiro atoms. The lowest BCUT2D eigenvalue weighted by atomic mass is 9.98. The average molecular weight is 1520 g/mol. The van der Waals surface area contributed by atoms with Gasteiger partial charge in [0, 0.05) is 19.3 Å². The maximum Gasteiger partial charge on any atom is 0.350 e. The third-order valence-electron chi connectivity index (χ3n) is 20.3. The Balaban J connectivity index is 3.84. The molecular weight excluding hydrogens is 1360 g/mol. The number of aliphatic hydroxyl groups excluding tert-OH is 1. The lowest BCUT2D eigenvalue weighted by Crippen LogP contribution is -2.53. The van der Waals surface area contributed by atoms with Crippen LogP contribution < -0.4 is 16.0 Å². The number of carboxylic acids is 1. The first-order valence-electron chi connectivity index (χ1n) is 43.1. The molecule has 0 aromatic heterocycles. The van der Waals surface area contributed by atoms with E-state index in [-0.39, 0.29) is 44.9 Å². The Bertz CT molecular complexity index is 2210. The van der Waals surface area contributed by atoms with Crippen LogP contribution in [0.5, 0.6) is 0 Å². The number of rotatable bonds is 74. The number of aliphatic hydroxyl groups is 1. The largest absolute Gasteiger partial charge is 0.480 e. The van der Waals surface area contributed by atoms with Gasteiger partial charge in [-0.25, -0.2) is 4.79 Å². The van der Waals surface area contributed by atoms with Crippen LogP contribution in [0.4, 0.5) is 0 Å². The summed E-state index contributed by atoms with van der Waals surface area (Å²) in [5.74, 6) is -4.73. The highest BCUT2D eigenvalue weighted by molar-refractivity contribution is 7.51. The standard InChI is InChI=1S/C83H156N3O18P/c1-7-13-19-25-31-34-40-43-49-55-68(101-78(91)58-52-46-37-28-22-16-10-4)61-75(88)84-71-64-72(85-76(89)62-69(56-50-44-41-35-32-26-20-14-8-2)102-79(92)59-53-47-38-29-23-17-11-5)83(104-74(65-87)81(71)100-67-105(96,97)98)99-66-73(82(94)95)86-77(90)63-70(57-51-45-42-36-33-27-21-15-9-3)103-80(93)60-54-48-39-30-24-18-12-6/h68-74,81,83,87H,7-67H2,1-6H3,(H,84,88)(H,85,89)(H,86,90)(H,94,95)(H2,96,97,98)/t68-,69-,70-,71?,72?,73+,74?,81+,83-/m1/s1. The van der Waals surface area contributed by atoms with Crippen molar-refractivity contribution in [3.63, 3.8) is 0 Å². The van der Waals surface area contributed by atoms with Crippen LogP contribution in [0, 0.1) is 0 Å². The van der Waals surface area contributed by atoms with Crippen LogP contribution in [0.15, 0.2) is 0 Å². The molecule has 1 fully saturated rings. The van der Waals surface area contributed by atoms with Crippen LogP contribution in [0.25, 0.3) is 0 Å². The fourth-order valence-corrected chi connectivity index (χ4v) is 14.3. The first-order valence-corrected chi connectivity index (χ1v) is 44.9. The van der Waals surface area contributed by atoms with Crippen molar-refractivity contribution >= 4 is 49.2 Å². The van der Waals surface area contributed by atoms with Gasteiger partial charge in [-0.3, -0.25) is 33.3 Å². The molecule has 0 aliphatic carbocycles. The van der Waals surface area contributed by atoms with Gasteiger partial charge in [0.25, 0.3) is 0 Å². The van der Waals surface area contributed by atoms with Gasteiger partial charge in [-0.1, -0.05) is 311 Å². The molecule has 3 amide bonds. The van der Waals surface area contributed by atoms with Gasteiger partial charge in [0.15, 0.2) is 12.3 Å². The van der Waals surface area contributed by atoms with Crippen molar-refractivity contribution < 1.29 is 86.5 Å². The van der Waals surface area contributed by atoms with Crippen molar-refractivity contribution in [2.75, 3.05) is 19.6 Å². The van der Waals surface area contributed by atoms with E-state index >= 15 is 0 Å². The fourth-order valence-electron chi connectivity index (χ4n) is 13.9. The smallest absolute Gasteiger partial charge is 0.350 e. The Morgan fingerprint density at radius 3 is 0.981 bits per heavy atom. The van der Waals surface area contributed by atoms with E-state index in [0.717, 1.165) is 199 Å². The van der Waals surface area contributed by atoms with Crippen LogP contribution in [0.1, 0.15) is 414 Å². The highest BCUT2D eigenvalue weighted by Gasteiger charge is 2.44. The SMILES string of the molecule is CCCCCCCCCCC[C@H](CC(=O)NC1CC(NC(=O)C[C@@H](CCCCCCCCCCC)OC(=O)CCCCCCCCC)[C@H](OCP(=O)(O)O)C(CO)O[C@H]1OC[C@H](NC(=O)C[C@@H](CCCCCCCCCCC)OC(=O)CCCCCCCCC)C(=O)O)OC(=O)CCCCCCCCC. The van der Waals surface area contributed by atoms with Crippen LogP contribution >= 0.6 is 7.60 Å². The van der Waals surface area contributed by atoms with Gasteiger partial charge < -0.3 is 64.4 Å². The first-order chi connectivity index (χ1) is 50.8. The number of amides is 3. The molecule has 616 valence electrons. The van der Waals surface area contributed by atoms with Crippen LogP contribution in [0.3, 0.4) is 0 Å². The van der Waals surface area contributed by atoms with Crippen molar-refractivity contribution in [1.29, 1.82) is 0 Å². The number of carbonyl (C=O) groups is 7. The molecule has 0 saturated carbocycles. The second kappa shape index (κ2) is 68.3. The molecule has 7 N–H and O–H groups in total. The summed E-state index contributed by atoms with van der Waals surface area (Å²) in [7, 11) is -4.95. The summed E-state index contributed by atoms with van der Waals surface area (Å²) in [6.07, 6.45) is 41.5. The number of ether oxygens (including phenoxy) is 6. The minimum absolute atomic E-state index is 0.181. The number of nitrogens with one attached hydrogen (secondary N) is 3. The summed E-state index contributed by atoms with van der Waals surface area (Å²) >= 11 is 0. The monoisotopic (exact) mass is 1510 g/mol. The summed E-state index contributed by atoms with van der Waals surface area (Å²) < 4.78 is 49.5. The molecule has 105 heavy (non-hydrogen) atoms. The van der Waals surface area contributed by atoms with Crippen molar-refractivity contribution in [2.45, 2.75) is 469 Å². The quantitative estimate of drug-likeness (QED) is 0.0129. The van der Waals surface area contributed by atoms with Crippen molar-refractivity contribution in [1.82, 2.24) is 16.0 Å². The van der Waals surface area contributed by atoms with Gasteiger partial charge in [0.1, 0.15) is 36.9 Å². The van der Waals surface area contributed by atoms with Crippen molar-refractivity contribution in [3.05, 3.63) is 0 Å². The number of unbranched alkanes of at least 4 members (excludes halogenated alkanes) is 42. The molecule has 0 aromatic rings. The summed E-state index contributed by atoms with van der Waals surface area (Å²) in [6, 6.07) is -4.38. The number of carboxylic acid groups (broad SMARTS) is 1. The zero-order valence-electron chi connectivity index (χ0n) is 67.3. The topological polar surface area (TPSA) is 309 Å². The Kier molecular flexibility index (Phi) is 64.6. The first kappa shape index (κ1) is 99.3. The Morgan fingerprint density at radius 2 is 0.686 bits per heavy atom. The van der Waals surface area contributed by atoms with Gasteiger partial charge in [-0.15, -0.1) is 0 Å². The third-order valence-corrected chi connectivity index (χ3v) is 20.7. The molecule has 1 aliphatic heterocycles. The number of aliphatic carboxylic acids is 1. The van der Waals surface area contributed by atoms with Gasteiger partial charge >= 0.3 is 31.5 Å². The van der Waals surface area contributed by atoms with Crippen LogP contribution in [-0.4, -0.2) is 136 Å². The minimum atomic E-state index is -4.95. The van der Waals surface area contributed by atoms with Gasteiger partial charge in [0.05, 0.1) is 44.6 Å². The Hall–Kier alpha value is -3.72. The van der Waals surface area contributed by atoms with Crippen molar-refractivity contribution in [3.8, 4) is 0 Å². The van der Waals surface area contributed by atoms with Crippen LogP contribution in [-0.2, 0) is 66.5 Å². The third kappa shape index (κ3) is 58.0. The van der Waals surface area contributed by atoms with E-state index in [1.54, 1.807) is 0 Å². The fraction of sp³-hybridized carbons (Fsp3) is 0.916. The summed E-state index contributed by atoms with van der Waals surface area (Å²) in [4.78, 5) is 118. The molecule has 0 radical (unpaired) electrons.